The van der Waals surface area contributed by atoms with Gasteiger partial charge in [-0.25, -0.2) is 0 Å². The molecule has 1 spiro atoms. The number of carbonyl (C=O) groups excluding carboxylic acids is 2. The van der Waals surface area contributed by atoms with E-state index in [0.29, 0.717) is 84.3 Å². The molecule has 13 N–H and O–H groups in total. The predicted octanol–water partition coefficient (Wildman–Crippen LogP) is 9.75. The van der Waals surface area contributed by atoms with E-state index in [1.165, 1.54) is 40.3 Å². The Labute approximate surface area is 584 Å². The first kappa shape index (κ1) is 67.4. The second-order valence-corrected chi connectivity index (χ2v) is 31.5. The van der Waals surface area contributed by atoms with Crippen LogP contribution in [0.25, 0.3) is 5.57 Å². The number of Topliss-reactive ketones (excluding diaryl/α,β-unsaturated/α-hetero) is 1. The number of aliphatic hydroxyl groups excluding tert-OH is 3. The van der Waals surface area contributed by atoms with Gasteiger partial charge in [0.1, 0.15) is 5.78 Å². The Bertz CT molecular complexity index is 3940. The van der Waals surface area contributed by atoms with Crippen molar-refractivity contribution in [3.63, 3.8) is 0 Å². The monoisotopic (exact) mass is 1330 g/mol. The lowest BCUT2D eigenvalue weighted by atomic mass is 9.49. The summed E-state index contributed by atoms with van der Waals surface area (Å²) in [5.74, 6) is 6.25. The van der Waals surface area contributed by atoms with Crippen LogP contribution in [0.5, 0.6) is 11.5 Å². The van der Waals surface area contributed by atoms with Gasteiger partial charge in [-0.1, -0.05) is 121 Å². The fourth-order valence-corrected chi connectivity index (χ4v) is 22.4. The summed E-state index contributed by atoms with van der Waals surface area (Å²) in [6.45, 7) is 1.70. The summed E-state index contributed by atoms with van der Waals surface area (Å²) in [5.41, 5.74) is 24.6. The number of aliphatic imine (C=N–C) groups is 1. The highest BCUT2D eigenvalue weighted by atomic mass is 16.6. The second kappa shape index (κ2) is 29.3. The Morgan fingerprint density at radius 1 is 0.838 bits per heavy atom. The Morgan fingerprint density at radius 3 is 2.47 bits per heavy atom. The predicted molar refractivity (Wildman–Crippen MR) is 388 cm³/mol. The van der Waals surface area contributed by atoms with Crippen LogP contribution in [0.4, 0.5) is 0 Å². The molecule has 4 aromatic carbocycles. The number of hydrogen-bond acceptors (Lipinski definition) is 15. The SMILES string of the molecule is NC1=NC#CCC(Cc2cccc(CCc3ccccc3)c2)C2=CC(N)NC=C2Cc2cc(O)c(OCO)cc2C(CO)=CC(=O)CC(=O)CC2CCC3C(CC4C5CCNCC5CC5C=CCNC54)(C2)CC2NC4C(=C5CC(N1)C(CCc1ccccc1)C1CCC23C51)C=CCC4O. The van der Waals surface area contributed by atoms with Gasteiger partial charge in [0, 0.05) is 49.8 Å². The Balaban J connectivity index is 0.842. The van der Waals surface area contributed by atoms with Gasteiger partial charge in [0.2, 0.25) is 5.96 Å². The number of ketones is 2. The molecule has 18 atom stereocenters. The van der Waals surface area contributed by atoms with E-state index in [4.69, 9.17) is 21.2 Å². The first-order valence-corrected chi connectivity index (χ1v) is 37.4. The van der Waals surface area contributed by atoms with Gasteiger partial charge in [0.15, 0.2) is 24.1 Å². The van der Waals surface area contributed by atoms with Gasteiger partial charge in [-0.15, -0.1) is 0 Å². The number of fused-ring (bicyclic) bond motifs is 3. The van der Waals surface area contributed by atoms with E-state index >= 15 is 4.79 Å². The highest BCUT2D eigenvalue weighted by Crippen LogP contribution is 2.75. The van der Waals surface area contributed by atoms with Crippen LogP contribution < -0.4 is 42.8 Å². The number of aryl methyl sites for hydroxylation is 3. The van der Waals surface area contributed by atoms with Gasteiger partial charge < -0.3 is 63.2 Å². The molecular formula is C84H102N8O7. The third-order valence-corrected chi connectivity index (χ3v) is 26.1. The number of benzene rings is 4. The largest absolute Gasteiger partial charge is 0.504 e. The zero-order chi connectivity index (χ0) is 67.8. The first-order chi connectivity index (χ1) is 48.3. The van der Waals surface area contributed by atoms with Crippen LogP contribution in [0, 0.1) is 82.0 Å². The van der Waals surface area contributed by atoms with Crippen LogP contribution in [0.3, 0.4) is 0 Å². The van der Waals surface area contributed by atoms with E-state index in [1.54, 1.807) is 12.1 Å². The molecule has 0 aromatic heterocycles. The van der Waals surface area contributed by atoms with Gasteiger partial charge in [0.25, 0.3) is 0 Å². The maximum absolute atomic E-state index is 15.0. The minimum absolute atomic E-state index is 0.0160. The van der Waals surface area contributed by atoms with E-state index in [2.05, 4.69) is 142 Å². The second-order valence-electron chi connectivity index (χ2n) is 31.5. The normalized spacial score (nSPS) is 34.9. The van der Waals surface area contributed by atoms with E-state index < -0.39 is 31.5 Å². The number of phenolic OH excluding ortho intramolecular Hbond substituents is 1. The summed E-state index contributed by atoms with van der Waals surface area (Å²) < 4.78 is 5.55. The summed E-state index contributed by atoms with van der Waals surface area (Å²) in [7, 11) is 0. The summed E-state index contributed by atoms with van der Waals surface area (Å²) in [4.78, 5) is 34.6. The van der Waals surface area contributed by atoms with Gasteiger partial charge >= 0.3 is 0 Å². The molecule has 99 heavy (non-hydrogen) atoms. The van der Waals surface area contributed by atoms with E-state index in [0.717, 1.165) is 120 Å². The maximum atomic E-state index is 15.0. The summed E-state index contributed by atoms with van der Waals surface area (Å²) in [5, 5.41) is 65.0. The number of piperidine rings is 1. The molecule has 13 aliphatic rings. The molecule has 7 heterocycles. The number of nitrogens with two attached hydrogens (primary N) is 2. The third-order valence-electron chi connectivity index (χ3n) is 26.1. The molecule has 520 valence electrons. The van der Waals surface area contributed by atoms with Gasteiger partial charge in [-0.3, -0.25) is 9.59 Å². The Hall–Kier alpha value is -7.39. The topological polar surface area (TPSA) is 249 Å². The molecule has 6 aliphatic carbocycles. The van der Waals surface area contributed by atoms with E-state index in [1.807, 2.05) is 18.3 Å². The number of phenols is 1. The quantitative estimate of drug-likeness (QED) is 0.0258. The molecular weight excluding hydrogens is 1230 g/mol. The number of dihydropyridines is 1. The third kappa shape index (κ3) is 13.7. The van der Waals surface area contributed by atoms with E-state index in [9.17, 15) is 25.2 Å². The molecule has 18 unspecified atom stereocenters. The van der Waals surface area contributed by atoms with Crippen LogP contribution >= 0.6 is 0 Å². The summed E-state index contributed by atoms with van der Waals surface area (Å²) in [6, 6.07) is 36.8. The summed E-state index contributed by atoms with van der Waals surface area (Å²) in [6.07, 6.45) is 29.4. The van der Waals surface area contributed by atoms with Crippen molar-refractivity contribution in [2.45, 2.75) is 165 Å². The minimum atomic E-state index is -0.715. The molecule has 0 amide bonds. The summed E-state index contributed by atoms with van der Waals surface area (Å²) >= 11 is 0. The number of aliphatic hydroxyl groups is 3. The number of hydrogen-bond donors (Lipinski definition) is 11. The number of nitrogens with zero attached hydrogens (tertiary/aromatic N) is 1. The molecule has 0 radical (unpaired) electrons. The molecule has 7 aliphatic heterocycles. The zero-order valence-electron chi connectivity index (χ0n) is 57.3. The average molecular weight is 1340 g/mol. The molecule has 1 saturated heterocycles. The number of nitrogens with one attached hydrogen (secondary N) is 5. The molecule has 15 heteroatoms. The van der Waals surface area contributed by atoms with Crippen LogP contribution in [0.2, 0.25) is 0 Å². The van der Waals surface area contributed by atoms with Crippen LogP contribution in [0.1, 0.15) is 130 Å². The Morgan fingerprint density at radius 2 is 1.65 bits per heavy atom. The molecule has 6 fully saturated rings. The molecule has 15 nitrogen and oxygen atoms in total. The average Bonchev–Trinajstić information content (AvgIpc) is 1.51. The van der Waals surface area contributed by atoms with Crippen molar-refractivity contribution in [2.75, 3.05) is 33.0 Å². The van der Waals surface area contributed by atoms with Gasteiger partial charge in [-0.2, -0.15) is 4.99 Å². The fourth-order valence-electron chi connectivity index (χ4n) is 22.4. The Kier molecular flexibility index (Phi) is 20.0. The lowest BCUT2D eigenvalue weighted by molar-refractivity contribution is -0.126. The van der Waals surface area contributed by atoms with E-state index in [-0.39, 0.29) is 88.3 Å². The highest BCUT2D eigenvalue weighted by Gasteiger charge is 2.72. The number of guanidine groups is 1. The zero-order valence-corrected chi connectivity index (χ0v) is 57.3. The lowest BCUT2D eigenvalue weighted by Gasteiger charge is -2.57. The van der Waals surface area contributed by atoms with Crippen molar-refractivity contribution in [1.82, 2.24) is 26.6 Å². The minimum Gasteiger partial charge on any atom is -0.504 e. The number of rotatable bonds is 13. The van der Waals surface area contributed by atoms with Crippen molar-refractivity contribution in [3.8, 4) is 23.5 Å². The van der Waals surface area contributed by atoms with Crippen LogP contribution in [-0.4, -0.2) is 107 Å². The lowest BCUT2D eigenvalue weighted by Crippen LogP contribution is -2.58. The number of allylic oxidation sites excluding steroid dienone is 3. The maximum Gasteiger partial charge on any atom is 0.202 e. The van der Waals surface area contributed by atoms with Crippen LogP contribution in [0.15, 0.2) is 167 Å². The number of ether oxygens (including phenoxy) is 1. The van der Waals surface area contributed by atoms with Crippen molar-refractivity contribution in [3.05, 3.63) is 195 Å². The highest BCUT2D eigenvalue weighted by molar-refractivity contribution is 6.08. The number of carbonyl (C=O) groups is 2. The molecule has 8 bridgehead atoms. The first-order valence-electron chi connectivity index (χ1n) is 37.4. The fraction of sp³-hybridized carbons (Fsp3) is 0.512. The van der Waals surface area contributed by atoms with Gasteiger partial charge in [0.05, 0.1) is 31.3 Å². The standard InChI is InChI=1S/C84H102N8O7/c85-78-43-69-56(34-54-16-7-15-53(33-54)22-21-51-11-3-1-4-12-51)17-9-31-89-82(86)91-72-41-70-67-19-8-20-73(97)81(67)92-77-46-83(45-71-64-28-32-87-47-59(64)36-57-18-10-30-88-80(57)71)44-55(24-26-76(83)84(77)29-27-66(79(70)84)65(72)25-23-52-13-5-2-6-14-52)35-62(95)40-63(96)38-61(49-93)68-42-75(99-50-94)74(98)39-58(68)37-60(69)48-90-78/h1-8,10-16,18-19,33,38-39,42-43,48,55-57,59,64-66,71-73,76-81,87-88,90,92-94,97-98H,17,20-30,32,34-37,40-41,44-47,49-50,85H2,(H3,86,89,91). The van der Waals surface area contributed by atoms with Gasteiger partial charge in [-0.05, 0) is 272 Å². The molecule has 4 aromatic rings. The van der Waals surface area contributed by atoms with Crippen molar-refractivity contribution in [1.29, 1.82) is 0 Å². The van der Waals surface area contributed by atoms with Crippen molar-refractivity contribution < 1.29 is 34.8 Å². The number of aromatic hydroxyl groups is 1. The van der Waals surface area contributed by atoms with Crippen LogP contribution in [-0.2, 0) is 41.7 Å². The van der Waals surface area contributed by atoms with Crippen molar-refractivity contribution >= 4 is 23.1 Å². The van der Waals surface area contributed by atoms with Crippen molar-refractivity contribution in [2.24, 2.45) is 86.5 Å². The smallest absolute Gasteiger partial charge is 0.202 e. The molecule has 5 saturated carbocycles. The molecule has 17 rings (SSSR count).